The van der Waals surface area contributed by atoms with Crippen LogP contribution in [0.5, 0.6) is 0 Å². The Morgan fingerprint density at radius 2 is 2.24 bits per heavy atom. The molecule has 1 amide bonds. The van der Waals surface area contributed by atoms with Crippen LogP contribution in [0, 0.1) is 30.6 Å². The fraction of sp³-hybridized carbons (Fsp3) is 0.211. The molecule has 0 spiro atoms. The van der Waals surface area contributed by atoms with Gasteiger partial charge >= 0.3 is 0 Å². The minimum atomic E-state index is -0.329. The molecular formula is C19H16N4OS. The summed E-state index contributed by atoms with van der Waals surface area (Å²) in [6.45, 7) is 3.92. The van der Waals surface area contributed by atoms with E-state index in [-0.39, 0.29) is 17.7 Å². The first-order chi connectivity index (χ1) is 12.1. The van der Waals surface area contributed by atoms with Crippen molar-refractivity contribution in [1.82, 2.24) is 14.7 Å². The molecule has 0 aliphatic rings. The molecular weight excluding hydrogens is 332 g/mol. The third-order valence-electron chi connectivity index (χ3n) is 3.88. The maximum Gasteiger partial charge on any atom is 0.234 e. The molecule has 2 heterocycles. The largest absolute Gasteiger partial charge is 0.344 e. The number of imidazole rings is 1. The Morgan fingerprint density at radius 3 is 2.96 bits per heavy atom. The predicted octanol–water partition coefficient (Wildman–Crippen LogP) is 2.90. The number of nitrogens with zero attached hydrogens (tertiary/aromatic N) is 3. The zero-order valence-electron chi connectivity index (χ0n) is 13.9. The van der Waals surface area contributed by atoms with Gasteiger partial charge in [0, 0.05) is 0 Å². The van der Waals surface area contributed by atoms with Gasteiger partial charge in [0.25, 0.3) is 0 Å². The van der Waals surface area contributed by atoms with E-state index in [0.717, 1.165) is 21.6 Å². The van der Waals surface area contributed by atoms with Gasteiger partial charge < -0.3 is 5.32 Å². The van der Waals surface area contributed by atoms with Crippen molar-refractivity contribution in [3.8, 4) is 18.4 Å². The number of benzene rings is 1. The molecule has 0 fully saturated rings. The molecule has 25 heavy (non-hydrogen) atoms. The number of hydrogen-bond acceptors (Lipinski definition) is 4. The Bertz CT molecular complexity index is 1060. The van der Waals surface area contributed by atoms with Gasteiger partial charge in [-0.2, -0.15) is 5.26 Å². The smallest absolute Gasteiger partial charge is 0.234 e. The Balaban J connectivity index is 2.14. The van der Waals surface area contributed by atoms with Crippen LogP contribution in [0.25, 0.3) is 16.7 Å². The highest BCUT2D eigenvalue weighted by Gasteiger charge is 2.19. The van der Waals surface area contributed by atoms with Crippen molar-refractivity contribution < 1.29 is 4.79 Å². The van der Waals surface area contributed by atoms with E-state index in [4.69, 9.17) is 6.42 Å². The zero-order valence-corrected chi connectivity index (χ0v) is 14.7. The molecule has 0 radical (unpaired) electrons. The number of thioether (sulfide) groups is 1. The van der Waals surface area contributed by atoms with Crippen LogP contribution in [0.15, 0.2) is 35.4 Å². The average molecular weight is 348 g/mol. The second-order valence-electron chi connectivity index (χ2n) is 5.59. The number of aromatic nitrogens is 2. The Hall–Kier alpha value is -2.96. The summed E-state index contributed by atoms with van der Waals surface area (Å²) in [6.07, 6.45) is 5.19. The van der Waals surface area contributed by atoms with E-state index in [1.165, 1.54) is 11.8 Å². The number of rotatable bonds is 4. The quantitative estimate of drug-likeness (QED) is 0.581. The molecule has 0 aliphatic heterocycles. The van der Waals surface area contributed by atoms with Crippen LogP contribution in [-0.4, -0.2) is 27.1 Å². The van der Waals surface area contributed by atoms with Crippen molar-refractivity contribution in [3.05, 3.63) is 41.5 Å². The summed E-state index contributed by atoms with van der Waals surface area (Å²) in [6, 6.07) is 11.9. The number of aryl methyl sites for hydroxylation is 1. The van der Waals surface area contributed by atoms with Gasteiger partial charge in [-0.15, -0.1) is 6.42 Å². The number of fused-ring (bicyclic) bond motifs is 3. The Labute approximate surface area is 150 Å². The molecule has 2 aromatic heterocycles. The first-order valence-corrected chi connectivity index (χ1v) is 8.63. The van der Waals surface area contributed by atoms with Crippen LogP contribution in [0.2, 0.25) is 0 Å². The highest BCUT2D eigenvalue weighted by Crippen LogP contribution is 2.31. The van der Waals surface area contributed by atoms with Gasteiger partial charge in [-0.05, 0) is 37.6 Å². The molecule has 6 heteroatoms. The van der Waals surface area contributed by atoms with Gasteiger partial charge in [0.15, 0.2) is 5.65 Å². The number of amides is 1. The Kier molecular flexibility index (Phi) is 4.65. The number of hydrogen-bond donors (Lipinski definition) is 1. The predicted molar refractivity (Wildman–Crippen MR) is 99.3 cm³/mol. The molecule has 0 unspecified atom stereocenters. The molecule has 0 saturated carbocycles. The minimum Gasteiger partial charge on any atom is -0.344 e. The van der Waals surface area contributed by atoms with E-state index in [9.17, 15) is 10.1 Å². The fourth-order valence-electron chi connectivity index (χ4n) is 2.66. The van der Waals surface area contributed by atoms with Crippen molar-refractivity contribution in [1.29, 1.82) is 5.26 Å². The lowest BCUT2D eigenvalue weighted by Gasteiger charge is -2.14. The first-order valence-electron chi connectivity index (χ1n) is 7.75. The van der Waals surface area contributed by atoms with E-state index in [2.05, 4.69) is 22.3 Å². The van der Waals surface area contributed by atoms with Crippen molar-refractivity contribution >= 4 is 34.3 Å². The van der Waals surface area contributed by atoms with Crippen LogP contribution in [0.3, 0.4) is 0 Å². The average Bonchev–Trinajstić information content (AvgIpc) is 2.99. The molecule has 0 bridgehead atoms. The van der Waals surface area contributed by atoms with Gasteiger partial charge in [-0.3, -0.25) is 9.20 Å². The van der Waals surface area contributed by atoms with Crippen molar-refractivity contribution in [3.63, 3.8) is 0 Å². The van der Waals surface area contributed by atoms with Crippen LogP contribution in [0.4, 0.5) is 0 Å². The Morgan fingerprint density at radius 1 is 1.48 bits per heavy atom. The van der Waals surface area contributed by atoms with Gasteiger partial charge in [-0.1, -0.05) is 29.8 Å². The van der Waals surface area contributed by atoms with Crippen molar-refractivity contribution in [2.75, 3.05) is 6.54 Å². The number of para-hydroxylation sites is 2. The topological polar surface area (TPSA) is 70.2 Å². The highest BCUT2D eigenvalue weighted by molar-refractivity contribution is 8.00. The first kappa shape index (κ1) is 16.9. The van der Waals surface area contributed by atoms with Crippen molar-refractivity contribution in [2.45, 2.75) is 24.1 Å². The van der Waals surface area contributed by atoms with E-state index < -0.39 is 0 Å². The van der Waals surface area contributed by atoms with E-state index in [1.807, 2.05) is 48.6 Å². The lowest BCUT2D eigenvalue weighted by Crippen LogP contribution is -2.31. The molecule has 0 aliphatic carbocycles. The summed E-state index contributed by atoms with van der Waals surface area (Å²) < 4.78 is 1.94. The van der Waals surface area contributed by atoms with Gasteiger partial charge in [0.1, 0.15) is 6.07 Å². The van der Waals surface area contributed by atoms with Gasteiger partial charge in [0.05, 0.1) is 33.4 Å². The fourth-order valence-corrected chi connectivity index (χ4v) is 3.74. The zero-order chi connectivity index (χ0) is 18.0. The monoisotopic (exact) mass is 348 g/mol. The minimum absolute atomic E-state index is 0.123. The summed E-state index contributed by atoms with van der Waals surface area (Å²) in [4.78, 5) is 16.8. The molecule has 3 rings (SSSR count). The lowest BCUT2D eigenvalue weighted by atomic mass is 10.2. The van der Waals surface area contributed by atoms with E-state index in [1.54, 1.807) is 0 Å². The standard InChI is InChI=1S/C19H16N4OS/c1-4-9-21-19(24)13(3)25-17-10-12(2)14(11-20)18-22-15-7-5-6-8-16(15)23(17)18/h1,5-8,10,13H,9H2,2-3H3,(H,21,24)/t13-/m1/s1. The molecule has 5 nitrogen and oxygen atoms in total. The van der Waals surface area contributed by atoms with Crippen LogP contribution in [-0.2, 0) is 4.79 Å². The van der Waals surface area contributed by atoms with Crippen LogP contribution in [0.1, 0.15) is 18.1 Å². The molecule has 124 valence electrons. The number of carbonyl (C=O) groups excluding carboxylic acids is 1. The maximum absolute atomic E-state index is 12.1. The van der Waals surface area contributed by atoms with Crippen molar-refractivity contribution in [2.24, 2.45) is 0 Å². The van der Waals surface area contributed by atoms with Gasteiger partial charge in [0.2, 0.25) is 5.91 Å². The molecule has 0 saturated heterocycles. The number of terminal acetylenes is 1. The summed E-state index contributed by atoms with van der Waals surface area (Å²) in [7, 11) is 0. The highest BCUT2D eigenvalue weighted by atomic mass is 32.2. The number of nitrogens with one attached hydrogen (secondary N) is 1. The molecule has 1 atom stereocenters. The van der Waals surface area contributed by atoms with E-state index >= 15 is 0 Å². The summed E-state index contributed by atoms with van der Waals surface area (Å²) >= 11 is 1.42. The lowest BCUT2D eigenvalue weighted by molar-refractivity contribution is -0.120. The van der Waals surface area contributed by atoms with Crippen LogP contribution < -0.4 is 5.32 Å². The number of carbonyl (C=O) groups is 1. The van der Waals surface area contributed by atoms with Gasteiger partial charge in [-0.25, -0.2) is 4.98 Å². The molecule has 1 aromatic carbocycles. The van der Waals surface area contributed by atoms with E-state index in [0.29, 0.717) is 11.2 Å². The third-order valence-corrected chi connectivity index (χ3v) is 4.99. The second kappa shape index (κ2) is 6.88. The molecule has 3 aromatic rings. The maximum atomic E-state index is 12.1. The second-order valence-corrected chi connectivity index (χ2v) is 6.96. The normalized spacial score (nSPS) is 11.8. The summed E-state index contributed by atoms with van der Waals surface area (Å²) in [5.74, 6) is 2.28. The summed E-state index contributed by atoms with van der Waals surface area (Å²) in [5.41, 5.74) is 3.72. The molecule has 1 N–H and O–H groups in total. The number of pyridine rings is 1. The SMILES string of the molecule is C#CCNC(=O)[C@@H](C)Sc1cc(C)c(C#N)c2nc3ccccc3n12. The number of nitriles is 1. The summed E-state index contributed by atoms with van der Waals surface area (Å²) in [5, 5.41) is 12.7. The third kappa shape index (κ3) is 3.05. The van der Waals surface area contributed by atoms with Crippen LogP contribution >= 0.6 is 11.8 Å².